The number of rotatable bonds is 11. The maximum atomic E-state index is 12.8. The zero-order chi connectivity index (χ0) is 29.5. The quantitative estimate of drug-likeness (QED) is 0.259. The van der Waals surface area contributed by atoms with Crippen LogP contribution in [0.3, 0.4) is 0 Å². The summed E-state index contributed by atoms with van der Waals surface area (Å²) in [6.07, 6.45) is -0.759. The van der Waals surface area contributed by atoms with Crippen LogP contribution in [-0.4, -0.2) is 100 Å². The molecule has 1 aliphatic rings. The second-order valence-corrected chi connectivity index (χ2v) is 11.4. The first-order valence-electron chi connectivity index (χ1n) is 12.7. The molecule has 2 heterocycles. The van der Waals surface area contributed by atoms with Gasteiger partial charge in [-0.05, 0) is 48.6 Å². The Morgan fingerprint density at radius 1 is 0.769 bits per heavy atom. The van der Waals surface area contributed by atoms with Crippen LogP contribution < -0.4 is 27.0 Å². The second-order valence-electron chi connectivity index (χ2n) is 11.4. The van der Waals surface area contributed by atoms with Crippen molar-refractivity contribution in [3.8, 4) is 0 Å². The van der Waals surface area contributed by atoms with Crippen LogP contribution in [-0.2, 0) is 28.7 Å². The summed E-state index contributed by atoms with van der Waals surface area (Å²) in [4.78, 5) is 66.3. The molecule has 0 aromatic carbocycles. The molecule has 1 aliphatic heterocycles. The Morgan fingerprint density at radius 3 is 1.49 bits per heavy atom. The second kappa shape index (κ2) is 12.9. The lowest BCUT2D eigenvalue weighted by Gasteiger charge is -2.32. The number of nitrogens with two attached hydrogens (primary N) is 2. The van der Waals surface area contributed by atoms with E-state index in [0.717, 1.165) is 13.1 Å². The van der Waals surface area contributed by atoms with Gasteiger partial charge >= 0.3 is 11.9 Å². The van der Waals surface area contributed by atoms with E-state index in [1.165, 1.54) is 0 Å². The van der Waals surface area contributed by atoms with Gasteiger partial charge in [0.2, 0.25) is 29.7 Å². The van der Waals surface area contributed by atoms with E-state index >= 15 is 0 Å². The molecule has 1 aromatic rings. The van der Waals surface area contributed by atoms with E-state index in [-0.39, 0.29) is 30.7 Å². The highest BCUT2D eigenvalue weighted by Crippen LogP contribution is 2.20. The number of likely N-dealkylation sites (N-methyl/N-ethyl adjacent to an activating group) is 1. The fourth-order valence-electron chi connectivity index (χ4n) is 3.49. The molecule has 218 valence electrons. The number of carbonyl (C=O) groups excluding carboxylic acids is 4. The molecule has 1 aromatic heterocycles. The number of esters is 2. The third-order valence-corrected chi connectivity index (χ3v) is 5.21. The molecule has 2 rings (SSSR count). The van der Waals surface area contributed by atoms with E-state index in [1.54, 1.807) is 41.5 Å². The van der Waals surface area contributed by atoms with Crippen LogP contribution in [0.1, 0.15) is 54.4 Å². The molecule has 0 saturated carbocycles. The fraction of sp³-hybridized carbons (Fsp3) is 0.708. The molecule has 1 fully saturated rings. The minimum absolute atomic E-state index is 0.0689. The summed E-state index contributed by atoms with van der Waals surface area (Å²) in [5.74, 6) is -2.81. The SMILES string of the molecule is CN1CCN(c2nc(N[C@@H](CC(N)=O)C(=O)OC(C)(C)C)nc(N[C@@H](CC(N)=O)C(=O)OC(C)(C)C)n2)CC1. The van der Waals surface area contributed by atoms with Crippen molar-refractivity contribution in [3.63, 3.8) is 0 Å². The third kappa shape index (κ3) is 11.3. The molecule has 0 radical (unpaired) electrons. The van der Waals surface area contributed by atoms with Crippen molar-refractivity contribution in [1.29, 1.82) is 0 Å². The number of nitrogens with zero attached hydrogens (tertiary/aromatic N) is 5. The number of piperazine rings is 1. The smallest absolute Gasteiger partial charge is 0.329 e. The zero-order valence-corrected chi connectivity index (χ0v) is 23.7. The van der Waals surface area contributed by atoms with E-state index in [4.69, 9.17) is 20.9 Å². The van der Waals surface area contributed by atoms with Gasteiger partial charge in [0.05, 0.1) is 12.8 Å². The molecule has 0 bridgehead atoms. The number of nitrogens with one attached hydrogen (secondary N) is 2. The van der Waals surface area contributed by atoms with Crippen molar-refractivity contribution in [3.05, 3.63) is 0 Å². The maximum Gasteiger partial charge on any atom is 0.329 e. The first-order chi connectivity index (χ1) is 17.9. The Hall–Kier alpha value is -3.75. The van der Waals surface area contributed by atoms with Gasteiger partial charge in [0, 0.05) is 26.2 Å². The van der Waals surface area contributed by atoms with Gasteiger partial charge in [0.15, 0.2) is 0 Å². The standard InChI is InChI=1S/C24H41N9O6/c1-23(2,3)38-18(36)14(12-16(25)34)27-20-29-21(31-22(30-20)33-10-8-32(7)9-11-33)28-15(13-17(26)35)19(37)39-24(4,5)6/h14-15H,8-13H2,1-7H3,(H2,25,34)(H2,26,35)(H2,27,28,29,30,31)/t14-,15-/m0/s1. The van der Waals surface area contributed by atoms with Crippen molar-refractivity contribution < 1.29 is 28.7 Å². The molecule has 15 nitrogen and oxygen atoms in total. The summed E-state index contributed by atoms with van der Waals surface area (Å²) >= 11 is 0. The van der Waals surface area contributed by atoms with Crippen LogP contribution >= 0.6 is 0 Å². The van der Waals surface area contributed by atoms with Crippen LogP contribution in [0.2, 0.25) is 0 Å². The Kier molecular flexibility index (Phi) is 10.4. The van der Waals surface area contributed by atoms with E-state index in [0.29, 0.717) is 13.1 Å². The molecule has 2 atom stereocenters. The van der Waals surface area contributed by atoms with Gasteiger partial charge in [-0.15, -0.1) is 0 Å². The third-order valence-electron chi connectivity index (χ3n) is 5.21. The first kappa shape index (κ1) is 31.5. The lowest BCUT2D eigenvalue weighted by Crippen LogP contribution is -2.45. The van der Waals surface area contributed by atoms with Gasteiger partial charge in [-0.3, -0.25) is 9.59 Å². The first-order valence-corrected chi connectivity index (χ1v) is 12.7. The molecule has 6 N–H and O–H groups in total. The van der Waals surface area contributed by atoms with Crippen LogP contribution in [0, 0.1) is 0 Å². The normalized spacial score (nSPS) is 16.1. The minimum Gasteiger partial charge on any atom is -0.458 e. The monoisotopic (exact) mass is 551 g/mol. The van der Waals surface area contributed by atoms with Crippen molar-refractivity contribution in [2.24, 2.45) is 11.5 Å². The molecule has 0 unspecified atom stereocenters. The minimum atomic E-state index is -1.19. The largest absolute Gasteiger partial charge is 0.458 e. The summed E-state index contributed by atoms with van der Waals surface area (Å²) in [6, 6.07) is -2.38. The Labute approximate surface area is 228 Å². The predicted molar refractivity (Wildman–Crippen MR) is 144 cm³/mol. The summed E-state index contributed by atoms with van der Waals surface area (Å²) in [5.41, 5.74) is 9.11. The van der Waals surface area contributed by atoms with Gasteiger partial charge in [0.1, 0.15) is 23.3 Å². The van der Waals surface area contributed by atoms with Crippen molar-refractivity contribution >= 4 is 41.6 Å². The van der Waals surface area contributed by atoms with Gasteiger partial charge < -0.3 is 41.4 Å². The molecule has 1 saturated heterocycles. The van der Waals surface area contributed by atoms with Gasteiger partial charge in [-0.2, -0.15) is 15.0 Å². The number of anilines is 3. The highest BCUT2D eigenvalue weighted by atomic mass is 16.6. The lowest BCUT2D eigenvalue weighted by atomic mass is 10.1. The molecule has 39 heavy (non-hydrogen) atoms. The number of ether oxygens (including phenoxy) is 2. The number of amides is 2. The zero-order valence-electron chi connectivity index (χ0n) is 23.7. The summed E-state index contributed by atoms with van der Waals surface area (Å²) in [5, 5.41) is 5.64. The molecule has 0 aliphatic carbocycles. The van der Waals surface area contributed by atoms with E-state index in [9.17, 15) is 19.2 Å². The molecule has 2 amide bonds. The summed E-state index contributed by atoms with van der Waals surface area (Å²) in [7, 11) is 2.00. The topological polar surface area (TPSA) is 208 Å². The summed E-state index contributed by atoms with van der Waals surface area (Å²) in [6.45, 7) is 12.9. The van der Waals surface area contributed by atoms with E-state index < -0.39 is 47.0 Å². The highest BCUT2D eigenvalue weighted by Gasteiger charge is 2.31. The maximum absolute atomic E-state index is 12.8. The van der Waals surface area contributed by atoms with Gasteiger partial charge in [-0.25, -0.2) is 9.59 Å². The number of carbonyl (C=O) groups is 4. The number of hydrogen-bond donors (Lipinski definition) is 4. The van der Waals surface area contributed by atoms with Crippen LogP contribution in [0.4, 0.5) is 17.8 Å². The lowest BCUT2D eigenvalue weighted by molar-refractivity contribution is -0.157. The number of aromatic nitrogens is 3. The Morgan fingerprint density at radius 2 is 1.15 bits per heavy atom. The number of primary amides is 2. The van der Waals surface area contributed by atoms with Crippen LogP contribution in [0.15, 0.2) is 0 Å². The van der Waals surface area contributed by atoms with E-state index in [1.807, 2.05) is 11.9 Å². The van der Waals surface area contributed by atoms with Crippen LogP contribution in [0.25, 0.3) is 0 Å². The highest BCUT2D eigenvalue weighted by molar-refractivity contribution is 5.87. The molecule has 0 spiro atoms. The van der Waals surface area contributed by atoms with E-state index in [2.05, 4.69) is 30.5 Å². The van der Waals surface area contributed by atoms with Crippen LogP contribution in [0.5, 0.6) is 0 Å². The average molecular weight is 552 g/mol. The Balaban J connectivity index is 2.46. The van der Waals surface area contributed by atoms with Crippen molar-refractivity contribution in [2.45, 2.75) is 77.7 Å². The van der Waals surface area contributed by atoms with Gasteiger partial charge in [0.25, 0.3) is 0 Å². The van der Waals surface area contributed by atoms with Crippen molar-refractivity contribution in [1.82, 2.24) is 19.9 Å². The van der Waals surface area contributed by atoms with Crippen molar-refractivity contribution in [2.75, 3.05) is 48.8 Å². The number of hydrogen-bond acceptors (Lipinski definition) is 13. The fourth-order valence-corrected chi connectivity index (χ4v) is 3.49. The molecular weight excluding hydrogens is 510 g/mol. The molecular formula is C24H41N9O6. The Bertz CT molecular complexity index is 977. The predicted octanol–water partition coefficient (Wildman–Crippen LogP) is -0.381. The molecule has 15 heteroatoms. The average Bonchev–Trinajstić information content (AvgIpc) is 2.75. The van der Waals surface area contributed by atoms with Gasteiger partial charge in [-0.1, -0.05) is 0 Å². The summed E-state index contributed by atoms with van der Waals surface area (Å²) < 4.78 is 10.8.